The molecule has 0 heterocycles. The first kappa shape index (κ1) is 14.0. The number of amides is 1. The predicted molar refractivity (Wildman–Crippen MR) is 69.6 cm³/mol. The number of rotatable bonds is 5. The van der Waals surface area contributed by atoms with E-state index < -0.39 is 4.92 Å². The molecule has 0 spiro atoms. The van der Waals surface area contributed by atoms with E-state index in [0.717, 1.165) is 0 Å². The van der Waals surface area contributed by atoms with Gasteiger partial charge in [0, 0.05) is 30.9 Å². The van der Waals surface area contributed by atoms with Crippen molar-refractivity contribution in [2.75, 3.05) is 25.5 Å². The van der Waals surface area contributed by atoms with Crippen LogP contribution in [-0.4, -0.2) is 35.9 Å². The van der Waals surface area contributed by atoms with Gasteiger partial charge in [0.1, 0.15) is 0 Å². The van der Waals surface area contributed by atoms with Crippen molar-refractivity contribution >= 4 is 17.3 Å². The Balaban J connectivity index is 2.72. The number of aryl methyl sites for hydroxylation is 1. The zero-order chi connectivity index (χ0) is 13.7. The summed E-state index contributed by atoms with van der Waals surface area (Å²) in [6.45, 7) is 4.33. The highest BCUT2D eigenvalue weighted by Crippen LogP contribution is 2.21. The molecule has 0 saturated carbocycles. The molecule has 0 aromatic heterocycles. The summed E-state index contributed by atoms with van der Waals surface area (Å²) in [7, 11) is 1.71. The van der Waals surface area contributed by atoms with Crippen LogP contribution in [0.2, 0.25) is 0 Å². The van der Waals surface area contributed by atoms with Crippen molar-refractivity contribution in [1.29, 1.82) is 0 Å². The third kappa shape index (κ3) is 3.44. The lowest BCUT2D eigenvalue weighted by Gasteiger charge is -2.15. The van der Waals surface area contributed by atoms with E-state index in [-0.39, 0.29) is 18.1 Å². The van der Waals surface area contributed by atoms with Crippen molar-refractivity contribution in [3.8, 4) is 0 Å². The lowest BCUT2D eigenvalue weighted by Crippen LogP contribution is -2.31. The highest BCUT2D eigenvalue weighted by Gasteiger charge is 2.12. The monoisotopic (exact) mass is 251 g/mol. The molecule has 0 atom stereocenters. The predicted octanol–water partition coefficient (Wildman–Crippen LogP) is 1.79. The fraction of sp³-hybridized carbons (Fsp3) is 0.417. The van der Waals surface area contributed by atoms with E-state index in [1.165, 1.54) is 6.07 Å². The van der Waals surface area contributed by atoms with Crippen molar-refractivity contribution in [3.63, 3.8) is 0 Å². The van der Waals surface area contributed by atoms with E-state index >= 15 is 0 Å². The van der Waals surface area contributed by atoms with Crippen molar-refractivity contribution in [1.82, 2.24) is 4.90 Å². The van der Waals surface area contributed by atoms with Crippen LogP contribution in [0, 0.1) is 17.0 Å². The molecular formula is C12H17N3O3. The summed E-state index contributed by atoms with van der Waals surface area (Å²) in [5, 5.41) is 13.7. The molecule has 6 nitrogen and oxygen atoms in total. The normalized spacial score (nSPS) is 9.94. The minimum Gasteiger partial charge on any atom is -0.376 e. The Morgan fingerprint density at radius 3 is 2.72 bits per heavy atom. The van der Waals surface area contributed by atoms with Gasteiger partial charge in [-0.1, -0.05) is 6.07 Å². The molecule has 6 heteroatoms. The minimum absolute atomic E-state index is 0.0521. The zero-order valence-electron chi connectivity index (χ0n) is 10.8. The van der Waals surface area contributed by atoms with Crippen LogP contribution in [0.1, 0.15) is 12.5 Å². The molecule has 0 aliphatic rings. The number of carbonyl (C=O) groups excluding carboxylic acids is 1. The van der Waals surface area contributed by atoms with Gasteiger partial charge in [0.2, 0.25) is 5.91 Å². The number of carbonyl (C=O) groups is 1. The van der Waals surface area contributed by atoms with Crippen molar-refractivity contribution < 1.29 is 9.72 Å². The number of hydrogen-bond acceptors (Lipinski definition) is 4. The van der Waals surface area contributed by atoms with Crippen molar-refractivity contribution in [2.45, 2.75) is 13.8 Å². The molecule has 1 amide bonds. The average Bonchev–Trinajstić information content (AvgIpc) is 2.36. The maximum Gasteiger partial charge on any atom is 0.274 e. The van der Waals surface area contributed by atoms with E-state index in [4.69, 9.17) is 0 Å². The smallest absolute Gasteiger partial charge is 0.274 e. The maximum atomic E-state index is 11.6. The van der Waals surface area contributed by atoms with Gasteiger partial charge in [-0.05, 0) is 19.9 Å². The first-order valence-electron chi connectivity index (χ1n) is 5.68. The van der Waals surface area contributed by atoms with Crippen molar-refractivity contribution in [2.24, 2.45) is 0 Å². The van der Waals surface area contributed by atoms with Gasteiger partial charge in [0.05, 0.1) is 11.5 Å². The summed E-state index contributed by atoms with van der Waals surface area (Å²) in [4.78, 5) is 23.5. The van der Waals surface area contributed by atoms with Gasteiger partial charge in [-0.25, -0.2) is 0 Å². The average molecular weight is 251 g/mol. The molecule has 0 radical (unpaired) electrons. The molecule has 0 aliphatic carbocycles. The molecule has 1 rings (SSSR count). The summed E-state index contributed by atoms with van der Waals surface area (Å²) in [6, 6.07) is 4.82. The number of nitro groups is 1. The third-order valence-electron chi connectivity index (χ3n) is 2.75. The Kier molecular flexibility index (Phi) is 4.65. The second kappa shape index (κ2) is 6.00. The Labute approximate surface area is 106 Å². The molecule has 1 aromatic rings. The van der Waals surface area contributed by atoms with Crippen LogP contribution >= 0.6 is 0 Å². The molecule has 0 fully saturated rings. The lowest BCUT2D eigenvalue weighted by molar-refractivity contribution is -0.385. The molecule has 0 aliphatic heterocycles. The highest BCUT2D eigenvalue weighted by molar-refractivity contribution is 5.80. The number of benzene rings is 1. The number of likely N-dealkylation sites (N-methyl/N-ethyl adjacent to an activating group) is 1. The zero-order valence-corrected chi connectivity index (χ0v) is 10.8. The quantitative estimate of drug-likeness (QED) is 0.639. The largest absolute Gasteiger partial charge is 0.376 e. The van der Waals surface area contributed by atoms with E-state index in [2.05, 4.69) is 5.32 Å². The van der Waals surface area contributed by atoms with Crippen molar-refractivity contribution in [3.05, 3.63) is 33.9 Å². The summed E-state index contributed by atoms with van der Waals surface area (Å²) in [5.41, 5.74) is 1.23. The Bertz CT molecular complexity index is 460. The fourth-order valence-corrected chi connectivity index (χ4v) is 1.41. The Hall–Kier alpha value is -2.11. The lowest BCUT2D eigenvalue weighted by atomic mass is 10.2. The Morgan fingerprint density at radius 1 is 1.50 bits per heavy atom. The molecule has 1 N–H and O–H groups in total. The maximum absolute atomic E-state index is 11.6. The van der Waals surface area contributed by atoms with Gasteiger partial charge < -0.3 is 10.2 Å². The third-order valence-corrected chi connectivity index (χ3v) is 2.75. The SMILES string of the molecule is CCN(C)C(=O)CNc1ccc(C)c([N+](=O)[O-])c1. The molecule has 1 aromatic carbocycles. The first-order valence-corrected chi connectivity index (χ1v) is 5.68. The molecular weight excluding hydrogens is 234 g/mol. The van der Waals surface area contributed by atoms with Crippen LogP contribution in [0.15, 0.2) is 18.2 Å². The van der Waals surface area contributed by atoms with Crippen LogP contribution in [0.5, 0.6) is 0 Å². The van der Waals surface area contributed by atoms with Gasteiger partial charge in [-0.2, -0.15) is 0 Å². The first-order chi connectivity index (χ1) is 8.45. The highest BCUT2D eigenvalue weighted by atomic mass is 16.6. The van der Waals surface area contributed by atoms with Gasteiger partial charge in [0.15, 0.2) is 0 Å². The summed E-state index contributed by atoms with van der Waals surface area (Å²) in [5.74, 6) is -0.0549. The standard InChI is InChI=1S/C12H17N3O3/c1-4-14(3)12(16)8-13-10-6-5-9(2)11(7-10)15(17)18/h5-7,13H,4,8H2,1-3H3. The number of anilines is 1. The van der Waals surface area contributed by atoms with Crippen LogP contribution < -0.4 is 5.32 Å². The number of hydrogen-bond donors (Lipinski definition) is 1. The minimum atomic E-state index is -0.430. The number of nitrogens with one attached hydrogen (secondary N) is 1. The second-order valence-electron chi connectivity index (χ2n) is 4.02. The second-order valence-corrected chi connectivity index (χ2v) is 4.02. The summed E-state index contributed by atoms with van der Waals surface area (Å²) in [6.07, 6.45) is 0. The van der Waals surface area contributed by atoms with Crippen LogP contribution in [0.4, 0.5) is 11.4 Å². The van der Waals surface area contributed by atoms with E-state index in [1.54, 1.807) is 31.0 Å². The van der Waals surface area contributed by atoms with Crippen LogP contribution in [0.25, 0.3) is 0 Å². The van der Waals surface area contributed by atoms with E-state index in [0.29, 0.717) is 17.8 Å². The molecule has 0 bridgehead atoms. The number of nitrogens with zero attached hydrogens (tertiary/aromatic N) is 2. The molecule has 18 heavy (non-hydrogen) atoms. The molecule has 0 saturated heterocycles. The van der Waals surface area contributed by atoms with E-state index in [9.17, 15) is 14.9 Å². The molecule has 98 valence electrons. The summed E-state index contributed by atoms with van der Waals surface area (Å²) < 4.78 is 0. The molecule has 0 unspecified atom stereocenters. The van der Waals surface area contributed by atoms with Gasteiger partial charge in [-0.15, -0.1) is 0 Å². The number of nitro benzene ring substituents is 1. The fourth-order valence-electron chi connectivity index (χ4n) is 1.41. The van der Waals surface area contributed by atoms with E-state index in [1.807, 2.05) is 6.92 Å². The summed E-state index contributed by atoms with van der Waals surface area (Å²) >= 11 is 0. The topological polar surface area (TPSA) is 75.5 Å². The van der Waals surface area contributed by atoms with Gasteiger partial charge in [-0.3, -0.25) is 14.9 Å². The Morgan fingerprint density at radius 2 is 2.17 bits per heavy atom. The van der Waals surface area contributed by atoms with Crippen LogP contribution in [0.3, 0.4) is 0 Å². The van der Waals surface area contributed by atoms with Gasteiger partial charge >= 0.3 is 0 Å². The van der Waals surface area contributed by atoms with Gasteiger partial charge in [0.25, 0.3) is 5.69 Å². The van der Waals surface area contributed by atoms with Crippen LogP contribution in [-0.2, 0) is 4.79 Å².